The topological polar surface area (TPSA) is 12.0 Å². The van der Waals surface area contributed by atoms with Crippen LogP contribution in [0.15, 0.2) is 12.1 Å². The molecule has 15 heavy (non-hydrogen) atoms. The van der Waals surface area contributed by atoms with Crippen molar-refractivity contribution in [1.29, 1.82) is 0 Å². The van der Waals surface area contributed by atoms with Gasteiger partial charge < -0.3 is 5.32 Å². The lowest BCUT2D eigenvalue weighted by Crippen LogP contribution is -2.19. The molecule has 0 bridgehead atoms. The average molecular weight is 215 g/mol. The summed E-state index contributed by atoms with van der Waals surface area (Å²) in [6.45, 7) is 0.604. The van der Waals surface area contributed by atoms with Crippen LogP contribution in [0.25, 0.3) is 0 Å². The van der Waals surface area contributed by atoms with Crippen LogP contribution < -0.4 is 5.32 Å². The molecule has 0 unspecified atom stereocenters. The van der Waals surface area contributed by atoms with E-state index in [1.54, 1.807) is 0 Å². The molecule has 0 aliphatic heterocycles. The van der Waals surface area contributed by atoms with Crippen LogP contribution in [0.5, 0.6) is 0 Å². The number of benzene rings is 1. The Labute approximate surface area is 86.3 Å². The molecule has 0 saturated heterocycles. The van der Waals surface area contributed by atoms with Gasteiger partial charge in [0.2, 0.25) is 0 Å². The van der Waals surface area contributed by atoms with E-state index in [9.17, 15) is 13.2 Å². The maximum Gasteiger partial charge on any atom is 0.194 e. The van der Waals surface area contributed by atoms with Gasteiger partial charge in [0, 0.05) is 6.04 Å². The Bertz CT molecular complexity index is 361. The predicted octanol–water partition coefficient (Wildman–Crippen LogP) is 2.40. The van der Waals surface area contributed by atoms with Crippen molar-refractivity contribution in [2.24, 2.45) is 0 Å². The summed E-state index contributed by atoms with van der Waals surface area (Å²) in [6, 6.07) is 2.80. The van der Waals surface area contributed by atoms with E-state index in [-0.39, 0.29) is 5.56 Å². The quantitative estimate of drug-likeness (QED) is 0.760. The van der Waals surface area contributed by atoms with Crippen molar-refractivity contribution in [1.82, 2.24) is 5.32 Å². The normalized spacial score (nSPS) is 15.7. The first-order valence-corrected chi connectivity index (χ1v) is 5.04. The lowest BCUT2D eigenvalue weighted by Gasteiger charge is -2.05. The Morgan fingerprint density at radius 3 is 2.53 bits per heavy atom. The summed E-state index contributed by atoms with van der Waals surface area (Å²) in [5.74, 6) is -3.57. The Balaban J connectivity index is 1.97. The highest BCUT2D eigenvalue weighted by Crippen LogP contribution is 2.19. The smallest absolute Gasteiger partial charge is 0.194 e. The molecule has 0 radical (unpaired) electrons. The molecule has 4 heteroatoms. The molecule has 1 saturated carbocycles. The molecule has 1 aromatic rings. The van der Waals surface area contributed by atoms with Crippen molar-refractivity contribution in [3.8, 4) is 0 Å². The minimum atomic E-state index is -1.38. The molecule has 1 aliphatic carbocycles. The Hall–Kier alpha value is -1.03. The van der Waals surface area contributed by atoms with Gasteiger partial charge in [-0.1, -0.05) is 6.07 Å². The summed E-state index contributed by atoms with van der Waals surface area (Å²) >= 11 is 0. The van der Waals surface area contributed by atoms with Gasteiger partial charge in [0.1, 0.15) is 0 Å². The first-order chi connectivity index (χ1) is 7.18. The number of nitrogens with one attached hydrogen (secondary N) is 1. The number of hydrogen-bond donors (Lipinski definition) is 1. The zero-order chi connectivity index (χ0) is 10.8. The van der Waals surface area contributed by atoms with Crippen LogP contribution in [0.2, 0.25) is 0 Å². The van der Waals surface area contributed by atoms with E-state index in [0.29, 0.717) is 19.0 Å². The third-order valence-electron chi connectivity index (χ3n) is 2.52. The van der Waals surface area contributed by atoms with Gasteiger partial charge in [0.05, 0.1) is 0 Å². The van der Waals surface area contributed by atoms with E-state index in [4.69, 9.17) is 0 Å². The van der Waals surface area contributed by atoms with E-state index in [1.807, 2.05) is 0 Å². The molecule has 1 aromatic carbocycles. The summed E-state index contributed by atoms with van der Waals surface area (Å²) in [5.41, 5.74) is 0.224. The fourth-order valence-electron chi connectivity index (χ4n) is 1.46. The lowest BCUT2D eigenvalue weighted by molar-refractivity contribution is 0.440. The van der Waals surface area contributed by atoms with E-state index in [1.165, 1.54) is 6.07 Å². The van der Waals surface area contributed by atoms with E-state index >= 15 is 0 Å². The summed E-state index contributed by atoms with van der Waals surface area (Å²) in [7, 11) is 0. The van der Waals surface area contributed by atoms with Gasteiger partial charge in [0.25, 0.3) is 0 Å². The molecule has 0 aromatic heterocycles. The first kappa shape index (κ1) is 10.5. The summed E-state index contributed by atoms with van der Waals surface area (Å²) in [5, 5.41) is 3.18. The molecular weight excluding hydrogens is 203 g/mol. The molecule has 0 spiro atoms. The highest BCUT2D eigenvalue weighted by atomic mass is 19.2. The van der Waals surface area contributed by atoms with Crippen LogP contribution in [0.1, 0.15) is 18.4 Å². The molecule has 1 nitrogen and oxygen atoms in total. The maximum absolute atomic E-state index is 13.2. The van der Waals surface area contributed by atoms with Gasteiger partial charge in [-0.2, -0.15) is 0 Å². The Morgan fingerprint density at radius 2 is 1.87 bits per heavy atom. The molecule has 1 N–H and O–H groups in total. The van der Waals surface area contributed by atoms with E-state index in [2.05, 4.69) is 5.32 Å². The van der Waals surface area contributed by atoms with Crippen LogP contribution in [0.4, 0.5) is 13.2 Å². The fourth-order valence-corrected chi connectivity index (χ4v) is 1.46. The standard InChI is InChI=1S/C11H12F3N/c12-9-4-1-7(10(13)11(9)14)5-6-15-8-2-3-8/h1,4,8,15H,2-3,5-6H2. The van der Waals surface area contributed by atoms with Gasteiger partial charge in [-0.3, -0.25) is 0 Å². The molecule has 2 rings (SSSR count). The molecule has 0 atom stereocenters. The van der Waals surface area contributed by atoms with Crippen molar-refractivity contribution in [3.05, 3.63) is 35.1 Å². The van der Waals surface area contributed by atoms with Crippen LogP contribution in [0, 0.1) is 17.5 Å². The summed E-state index contributed by atoms with van der Waals surface area (Å²) in [4.78, 5) is 0. The van der Waals surface area contributed by atoms with Crippen molar-refractivity contribution in [2.75, 3.05) is 6.54 Å². The second-order valence-corrected chi connectivity index (χ2v) is 3.81. The highest BCUT2D eigenvalue weighted by Gasteiger charge is 2.20. The molecular formula is C11H12F3N. The van der Waals surface area contributed by atoms with Crippen LogP contribution in [0.3, 0.4) is 0 Å². The minimum absolute atomic E-state index is 0.224. The Morgan fingerprint density at radius 1 is 1.13 bits per heavy atom. The molecule has 1 fully saturated rings. The van der Waals surface area contributed by atoms with Crippen LogP contribution in [-0.2, 0) is 6.42 Å². The SMILES string of the molecule is Fc1ccc(CCNC2CC2)c(F)c1F. The lowest BCUT2D eigenvalue weighted by atomic mass is 10.1. The van der Waals surface area contributed by atoms with E-state index < -0.39 is 17.5 Å². The minimum Gasteiger partial charge on any atom is -0.314 e. The first-order valence-electron chi connectivity index (χ1n) is 5.04. The Kier molecular flexibility index (Phi) is 2.95. The number of hydrogen-bond acceptors (Lipinski definition) is 1. The second kappa shape index (κ2) is 4.23. The van der Waals surface area contributed by atoms with Crippen LogP contribution >= 0.6 is 0 Å². The zero-order valence-corrected chi connectivity index (χ0v) is 8.19. The highest BCUT2D eigenvalue weighted by molar-refractivity contribution is 5.20. The average Bonchev–Trinajstić information content (AvgIpc) is 3.02. The fraction of sp³-hybridized carbons (Fsp3) is 0.455. The predicted molar refractivity (Wildman–Crippen MR) is 51.0 cm³/mol. The van der Waals surface area contributed by atoms with Crippen LogP contribution in [-0.4, -0.2) is 12.6 Å². The monoisotopic (exact) mass is 215 g/mol. The van der Waals surface area contributed by atoms with Gasteiger partial charge >= 0.3 is 0 Å². The summed E-state index contributed by atoms with van der Waals surface area (Å²) in [6.07, 6.45) is 2.69. The molecule has 1 aliphatic rings. The largest absolute Gasteiger partial charge is 0.314 e. The maximum atomic E-state index is 13.2. The second-order valence-electron chi connectivity index (χ2n) is 3.81. The molecule has 0 heterocycles. The summed E-state index contributed by atoms with van der Waals surface area (Å²) < 4.78 is 38.6. The molecule has 82 valence electrons. The zero-order valence-electron chi connectivity index (χ0n) is 8.19. The molecule has 0 amide bonds. The van der Waals surface area contributed by atoms with Gasteiger partial charge in [-0.25, -0.2) is 13.2 Å². The van der Waals surface area contributed by atoms with Crippen molar-refractivity contribution in [2.45, 2.75) is 25.3 Å². The van der Waals surface area contributed by atoms with Gasteiger partial charge in [-0.15, -0.1) is 0 Å². The number of halogens is 3. The van der Waals surface area contributed by atoms with Crippen molar-refractivity contribution >= 4 is 0 Å². The number of rotatable bonds is 4. The van der Waals surface area contributed by atoms with Crippen molar-refractivity contribution < 1.29 is 13.2 Å². The van der Waals surface area contributed by atoms with Crippen molar-refractivity contribution in [3.63, 3.8) is 0 Å². The third-order valence-corrected chi connectivity index (χ3v) is 2.52. The van der Waals surface area contributed by atoms with Gasteiger partial charge in [0.15, 0.2) is 17.5 Å². The third kappa shape index (κ3) is 2.50. The van der Waals surface area contributed by atoms with Gasteiger partial charge in [-0.05, 0) is 37.4 Å². The van der Waals surface area contributed by atoms with E-state index in [0.717, 1.165) is 18.9 Å².